The van der Waals surface area contributed by atoms with Gasteiger partial charge in [-0.1, -0.05) is 25.5 Å². The number of hydrogen-bond donors (Lipinski definition) is 3. The number of carbonyl (C=O) groups is 2. The maximum atomic E-state index is 12.2. The van der Waals surface area contributed by atoms with Crippen LogP contribution in [0, 0.1) is 0 Å². The van der Waals surface area contributed by atoms with Crippen LogP contribution in [0.1, 0.15) is 36.5 Å². The van der Waals surface area contributed by atoms with Gasteiger partial charge < -0.3 is 15.2 Å². The van der Waals surface area contributed by atoms with Gasteiger partial charge in [-0.2, -0.15) is 12.6 Å². The van der Waals surface area contributed by atoms with Crippen LogP contribution in [0.3, 0.4) is 0 Å². The van der Waals surface area contributed by atoms with Crippen molar-refractivity contribution in [3.05, 3.63) is 29.8 Å². The summed E-state index contributed by atoms with van der Waals surface area (Å²) in [6.45, 7) is 2.58. The van der Waals surface area contributed by atoms with Crippen molar-refractivity contribution in [1.82, 2.24) is 5.32 Å². The number of nitrogens with one attached hydrogen (secondary N) is 1. The van der Waals surface area contributed by atoms with Crippen molar-refractivity contribution in [2.75, 3.05) is 12.4 Å². The Morgan fingerprint density at radius 2 is 2.10 bits per heavy atom. The number of ether oxygens (including phenoxy) is 1. The van der Waals surface area contributed by atoms with Crippen molar-refractivity contribution < 1.29 is 19.4 Å². The fraction of sp³-hybridized carbons (Fsp3) is 0.467. The molecule has 1 rings (SSSR count). The van der Waals surface area contributed by atoms with Crippen molar-refractivity contribution in [1.29, 1.82) is 0 Å². The van der Waals surface area contributed by atoms with Crippen LogP contribution in [-0.2, 0) is 4.79 Å². The summed E-state index contributed by atoms with van der Waals surface area (Å²) < 4.78 is 5.58. The third-order valence-electron chi connectivity index (χ3n) is 2.91. The molecule has 2 N–H and O–H groups in total. The molecule has 0 fully saturated rings. The highest BCUT2D eigenvalue weighted by atomic mass is 32.1. The van der Waals surface area contributed by atoms with Gasteiger partial charge in [-0.05, 0) is 30.7 Å². The first-order chi connectivity index (χ1) is 10.1. The standard InChI is InChI=1S/C15H21NO4S/c1-2-3-9-20-13-7-5-4-6-11(13)14(17)16-12(8-10-21)15(18)19/h4-7,12,21H,2-3,8-10H2,1H3,(H,16,17)(H,18,19)/t12-/m0/s1. The second-order valence-electron chi connectivity index (χ2n) is 4.57. The molecule has 0 radical (unpaired) electrons. The molecule has 0 aliphatic heterocycles. The van der Waals surface area contributed by atoms with Gasteiger partial charge in [-0.15, -0.1) is 0 Å². The molecule has 21 heavy (non-hydrogen) atoms. The summed E-state index contributed by atoms with van der Waals surface area (Å²) in [5.74, 6) is -0.664. The van der Waals surface area contributed by atoms with Gasteiger partial charge in [0.1, 0.15) is 11.8 Å². The van der Waals surface area contributed by atoms with Crippen LogP contribution in [0.25, 0.3) is 0 Å². The predicted molar refractivity (Wildman–Crippen MR) is 84.2 cm³/mol. The lowest BCUT2D eigenvalue weighted by Gasteiger charge is -2.15. The minimum Gasteiger partial charge on any atom is -0.493 e. The zero-order valence-electron chi connectivity index (χ0n) is 12.0. The van der Waals surface area contributed by atoms with E-state index in [0.29, 0.717) is 23.7 Å². The Hall–Kier alpha value is -1.69. The molecule has 1 aromatic rings. The number of thiol groups is 1. The smallest absolute Gasteiger partial charge is 0.326 e. The van der Waals surface area contributed by atoms with Crippen LogP contribution in [0.15, 0.2) is 24.3 Å². The van der Waals surface area contributed by atoms with E-state index in [2.05, 4.69) is 24.9 Å². The highest BCUT2D eigenvalue weighted by Gasteiger charge is 2.21. The van der Waals surface area contributed by atoms with Gasteiger partial charge >= 0.3 is 5.97 Å². The number of hydrogen-bond acceptors (Lipinski definition) is 4. The molecule has 0 bridgehead atoms. The van der Waals surface area contributed by atoms with E-state index >= 15 is 0 Å². The average molecular weight is 311 g/mol. The molecule has 0 heterocycles. The quantitative estimate of drug-likeness (QED) is 0.483. The highest BCUT2D eigenvalue weighted by molar-refractivity contribution is 7.80. The van der Waals surface area contributed by atoms with Gasteiger partial charge in [0, 0.05) is 0 Å². The van der Waals surface area contributed by atoms with E-state index in [-0.39, 0.29) is 6.42 Å². The lowest BCUT2D eigenvalue weighted by molar-refractivity contribution is -0.139. The molecule has 6 heteroatoms. The normalized spacial score (nSPS) is 11.7. The van der Waals surface area contributed by atoms with Crippen LogP contribution in [0.2, 0.25) is 0 Å². The van der Waals surface area contributed by atoms with Crippen molar-refractivity contribution in [3.63, 3.8) is 0 Å². The Kier molecular flexibility index (Phi) is 7.68. The summed E-state index contributed by atoms with van der Waals surface area (Å²) in [6.07, 6.45) is 2.16. The van der Waals surface area contributed by atoms with Crippen molar-refractivity contribution >= 4 is 24.5 Å². The van der Waals surface area contributed by atoms with E-state index < -0.39 is 17.9 Å². The molecule has 1 atom stereocenters. The lowest BCUT2D eigenvalue weighted by Crippen LogP contribution is -2.41. The Balaban J connectivity index is 2.78. The number of carboxylic acids is 1. The van der Waals surface area contributed by atoms with E-state index in [9.17, 15) is 9.59 Å². The molecule has 0 spiro atoms. The minimum atomic E-state index is -1.07. The molecule has 1 aromatic carbocycles. The number of rotatable bonds is 9. The molecule has 0 saturated carbocycles. The Bertz CT molecular complexity index is 478. The van der Waals surface area contributed by atoms with Gasteiger partial charge in [0.05, 0.1) is 12.2 Å². The van der Waals surface area contributed by atoms with E-state index in [0.717, 1.165) is 12.8 Å². The molecule has 116 valence electrons. The van der Waals surface area contributed by atoms with Crippen molar-refractivity contribution in [2.24, 2.45) is 0 Å². The maximum absolute atomic E-state index is 12.2. The average Bonchev–Trinajstić information content (AvgIpc) is 2.47. The van der Waals surface area contributed by atoms with E-state index in [1.165, 1.54) is 0 Å². The molecule has 5 nitrogen and oxygen atoms in total. The monoisotopic (exact) mass is 311 g/mol. The van der Waals surface area contributed by atoms with Crippen LogP contribution in [-0.4, -0.2) is 35.4 Å². The van der Waals surface area contributed by atoms with Gasteiger partial charge in [0.25, 0.3) is 5.91 Å². The summed E-state index contributed by atoms with van der Waals surface area (Å²) in [4.78, 5) is 23.3. The zero-order valence-corrected chi connectivity index (χ0v) is 12.9. The number of carboxylic acid groups (broad SMARTS) is 1. The second kappa shape index (κ2) is 9.28. The molecule has 0 aromatic heterocycles. The largest absolute Gasteiger partial charge is 0.493 e. The summed E-state index contributed by atoms with van der Waals surface area (Å²) in [6, 6.07) is 5.88. The molecular weight excluding hydrogens is 290 g/mol. The number of para-hydroxylation sites is 1. The van der Waals surface area contributed by atoms with Gasteiger partial charge in [-0.3, -0.25) is 4.79 Å². The number of unbranched alkanes of at least 4 members (excludes halogenated alkanes) is 1. The SMILES string of the molecule is CCCCOc1ccccc1C(=O)N[C@@H](CCS)C(=O)O. The Morgan fingerprint density at radius 3 is 2.71 bits per heavy atom. The molecular formula is C15H21NO4S. The van der Waals surface area contributed by atoms with Crippen LogP contribution in [0.4, 0.5) is 0 Å². The Morgan fingerprint density at radius 1 is 1.38 bits per heavy atom. The predicted octanol–water partition coefficient (Wildman–Crippen LogP) is 2.37. The van der Waals surface area contributed by atoms with Crippen LogP contribution < -0.4 is 10.1 Å². The topological polar surface area (TPSA) is 75.6 Å². The lowest BCUT2D eigenvalue weighted by atomic mass is 10.1. The van der Waals surface area contributed by atoms with E-state index in [4.69, 9.17) is 9.84 Å². The van der Waals surface area contributed by atoms with Crippen molar-refractivity contribution in [3.8, 4) is 5.75 Å². The highest BCUT2D eigenvalue weighted by Crippen LogP contribution is 2.18. The molecule has 0 aliphatic rings. The van der Waals surface area contributed by atoms with Gasteiger partial charge in [0.2, 0.25) is 0 Å². The zero-order chi connectivity index (χ0) is 15.7. The third-order valence-corrected chi connectivity index (χ3v) is 3.17. The molecule has 0 unspecified atom stereocenters. The first-order valence-electron chi connectivity index (χ1n) is 6.96. The molecule has 0 saturated heterocycles. The van der Waals surface area contributed by atoms with Crippen LogP contribution >= 0.6 is 12.6 Å². The molecule has 0 aliphatic carbocycles. The fourth-order valence-corrected chi connectivity index (χ4v) is 1.99. The Labute approximate surface area is 130 Å². The summed E-state index contributed by atoms with van der Waals surface area (Å²) >= 11 is 4.00. The number of carbonyl (C=O) groups excluding carboxylic acids is 1. The first-order valence-corrected chi connectivity index (χ1v) is 7.59. The third kappa shape index (κ3) is 5.67. The van der Waals surface area contributed by atoms with Crippen molar-refractivity contribution in [2.45, 2.75) is 32.2 Å². The summed E-state index contributed by atoms with van der Waals surface area (Å²) in [7, 11) is 0. The second-order valence-corrected chi connectivity index (χ2v) is 5.02. The van der Waals surface area contributed by atoms with E-state index in [1.807, 2.05) is 0 Å². The van der Waals surface area contributed by atoms with E-state index in [1.54, 1.807) is 24.3 Å². The first kappa shape index (κ1) is 17.4. The maximum Gasteiger partial charge on any atom is 0.326 e. The number of aliphatic carboxylic acids is 1. The van der Waals surface area contributed by atoms with Crippen LogP contribution in [0.5, 0.6) is 5.75 Å². The number of benzene rings is 1. The summed E-state index contributed by atoms with van der Waals surface area (Å²) in [5.41, 5.74) is 0.346. The van der Waals surface area contributed by atoms with Gasteiger partial charge in [0.15, 0.2) is 0 Å². The summed E-state index contributed by atoms with van der Waals surface area (Å²) in [5, 5.41) is 11.6. The fourth-order valence-electron chi connectivity index (χ4n) is 1.73. The van der Waals surface area contributed by atoms with Gasteiger partial charge in [-0.25, -0.2) is 4.79 Å². The number of amides is 1. The minimum absolute atomic E-state index is 0.267. The molecule has 1 amide bonds.